The highest BCUT2D eigenvalue weighted by atomic mass is 32.1. The largest absolute Gasteiger partial charge is 0.350 e. The number of hydrogen-bond acceptors (Lipinski definition) is 3. The van der Waals surface area contributed by atoms with Crippen molar-refractivity contribution in [2.45, 2.75) is 20.4 Å². The van der Waals surface area contributed by atoms with Gasteiger partial charge in [0.1, 0.15) is 5.41 Å². The fourth-order valence-electron chi connectivity index (χ4n) is 0.852. The Balaban J connectivity index is 2.48. The molecule has 4 heteroatoms. The Bertz CT molecular complexity index is 349. The third kappa shape index (κ3) is 2.57. The number of rotatable bonds is 3. The molecule has 3 nitrogen and oxygen atoms in total. The van der Waals surface area contributed by atoms with Crippen LogP contribution >= 0.6 is 11.3 Å². The average Bonchev–Trinajstić information content (AvgIpc) is 2.66. The molecule has 1 N–H and O–H groups in total. The van der Waals surface area contributed by atoms with E-state index < -0.39 is 5.41 Å². The number of thiophene rings is 1. The number of hydrogen-bond donors (Lipinski definition) is 1. The van der Waals surface area contributed by atoms with Crippen LogP contribution in [0.2, 0.25) is 0 Å². The van der Waals surface area contributed by atoms with Crippen LogP contribution in [0.15, 0.2) is 17.5 Å². The van der Waals surface area contributed by atoms with Gasteiger partial charge in [-0.2, -0.15) is 5.26 Å². The molecule has 0 aliphatic heterocycles. The molecular weight excluding hydrogens is 196 g/mol. The predicted molar refractivity (Wildman–Crippen MR) is 55.6 cm³/mol. The molecule has 1 aromatic rings. The predicted octanol–water partition coefficient (Wildman–Crippen LogP) is 1.91. The van der Waals surface area contributed by atoms with Gasteiger partial charge in [-0.3, -0.25) is 4.79 Å². The second-order valence-electron chi connectivity index (χ2n) is 3.50. The SMILES string of the molecule is CC(C)(C#N)C(=O)NCc1cccs1. The highest BCUT2D eigenvalue weighted by Gasteiger charge is 2.26. The standard InChI is InChI=1S/C10H12N2OS/c1-10(2,7-11)9(13)12-6-8-4-3-5-14-8/h3-5H,6H2,1-2H3,(H,12,13). The summed E-state index contributed by atoms with van der Waals surface area (Å²) in [5, 5.41) is 13.4. The van der Waals surface area contributed by atoms with Crippen LogP contribution in [0.4, 0.5) is 0 Å². The monoisotopic (exact) mass is 208 g/mol. The van der Waals surface area contributed by atoms with Gasteiger partial charge in [0.25, 0.3) is 0 Å². The Kier molecular flexibility index (Phi) is 3.26. The molecule has 1 aromatic heterocycles. The molecule has 0 atom stereocenters. The summed E-state index contributed by atoms with van der Waals surface area (Å²) in [6, 6.07) is 5.84. The van der Waals surface area contributed by atoms with E-state index in [4.69, 9.17) is 5.26 Å². The van der Waals surface area contributed by atoms with E-state index in [1.807, 2.05) is 23.6 Å². The minimum absolute atomic E-state index is 0.228. The van der Waals surface area contributed by atoms with Crippen molar-refractivity contribution < 1.29 is 4.79 Å². The van der Waals surface area contributed by atoms with Gasteiger partial charge in [-0.05, 0) is 25.3 Å². The minimum Gasteiger partial charge on any atom is -0.350 e. The zero-order valence-corrected chi connectivity index (χ0v) is 9.02. The van der Waals surface area contributed by atoms with E-state index >= 15 is 0 Å². The summed E-state index contributed by atoms with van der Waals surface area (Å²) in [4.78, 5) is 12.6. The topological polar surface area (TPSA) is 52.9 Å². The van der Waals surface area contributed by atoms with Crippen molar-refractivity contribution in [3.05, 3.63) is 22.4 Å². The first-order chi connectivity index (χ1) is 6.56. The summed E-state index contributed by atoms with van der Waals surface area (Å²) in [7, 11) is 0. The maximum atomic E-state index is 11.5. The van der Waals surface area contributed by atoms with Gasteiger partial charge < -0.3 is 5.32 Å². The van der Waals surface area contributed by atoms with Crippen LogP contribution < -0.4 is 5.32 Å². The Labute approximate surface area is 87.4 Å². The van der Waals surface area contributed by atoms with E-state index in [1.165, 1.54) is 0 Å². The number of nitrogens with zero attached hydrogens (tertiary/aromatic N) is 1. The van der Waals surface area contributed by atoms with Gasteiger partial charge in [0.05, 0.1) is 12.6 Å². The normalized spacial score (nSPS) is 10.6. The Hall–Kier alpha value is -1.34. The first-order valence-electron chi connectivity index (χ1n) is 4.28. The van der Waals surface area contributed by atoms with E-state index in [-0.39, 0.29) is 5.91 Å². The van der Waals surface area contributed by atoms with Gasteiger partial charge in [-0.15, -0.1) is 11.3 Å². The van der Waals surface area contributed by atoms with E-state index in [0.29, 0.717) is 6.54 Å². The minimum atomic E-state index is -0.947. The molecular formula is C10H12N2OS. The molecule has 0 aliphatic carbocycles. The second-order valence-corrected chi connectivity index (χ2v) is 4.53. The number of amides is 1. The molecule has 0 aliphatic rings. The molecule has 0 radical (unpaired) electrons. The van der Waals surface area contributed by atoms with Gasteiger partial charge in [-0.1, -0.05) is 6.07 Å². The van der Waals surface area contributed by atoms with Crippen molar-refractivity contribution in [2.75, 3.05) is 0 Å². The van der Waals surface area contributed by atoms with E-state index in [1.54, 1.807) is 25.2 Å². The van der Waals surface area contributed by atoms with Crippen LogP contribution in [0.3, 0.4) is 0 Å². The van der Waals surface area contributed by atoms with Crippen LogP contribution in [0.25, 0.3) is 0 Å². The maximum absolute atomic E-state index is 11.5. The lowest BCUT2D eigenvalue weighted by molar-refractivity contribution is -0.126. The molecule has 14 heavy (non-hydrogen) atoms. The smallest absolute Gasteiger partial charge is 0.240 e. The fourth-order valence-corrected chi connectivity index (χ4v) is 1.50. The molecule has 0 fully saturated rings. The van der Waals surface area contributed by atoms with Crippen molar-refractivity contribution in [3.8, 4) is 6.07 Å². The Morgan fingerprint density at radius 3 is 2.93 bits per heavy atom. The summed E-state index contributed by atoms with van der Waals surface area (Å²) in [6.45, 7) is 3.72. The fraction of sp³-hybridized carbons (Fsp3) is 0.400. The van der Waals surface area contributed by atoms with Crippen molar-refractivity contribution in [3.63, 3.8) is 0 Å². The van der Waals surface area contributed by atoms with Gasteiger partial charge in [0.15, 0.2) is 0 Å². The number of carbonyl (C=O) groups is 1. The molecule has 0 saturated carbocycles. The van der Waals surface area contributed by atoms with E-state index in [0.717, 1.165) is 4.88 Å². The first kappa shape index (κ1) is 10.7. The van der Waals surface area contributed by atoms with E-state index in [9.17, 15) is 4.79 Å². The Morgan fingerprint density at radius 1 is 1.71 bits per heavy atom. The maximum Gasteiger partial charge on any atom is 0.240 e. The highest BCUT2D eigenvalue weighted by molar-refractivity contribution is 7.09. The van der Waals surface area contributed by atoms with E-state index in [2.05, 4.69) is 5.32 Å². The second kappa shape index (κ2) is 4.25. The highest BCUT2D eigenvalue weighted by Crippen LogP contribution is 2.14. The number of nitriles is 1. The van der Waals surface area contributed by atoms with Crippen molar-refractivity contribution in [1.82, 2.24) is 5.32 Å². The summed E-state index contributed by atoms with van der Waals surface area (Å²) in [6.07, 6.45) is 0. The molecule has 0 unspecified atom stereocenters. The molecule has 0 aromatic carbocycles. The summed E-state index contributed by atoms with van der Waals surface area (Å²) < 4.78 is 0. The van der Waals surface area contributed by atoms with Crippen molar-refractivity contribution in [1.29, 1.82) is 5.26 Å². The molecule has 1 rings (SSSR count). The van der Waals surface area contributed by atoms with Crippen molar-refractivity contribution in [2.24, 2.45) is 5.41 Å². The number of nitrogens with one attached hydrogen (secondary N) is 1. The summed E-state index contributed by atoms with van der Waals surface area (Å²) in [5.41, 5.74) is -0.947. The summed E-state index contributed by atoms with van der Waals surface area (Å²) in [5.74, 6) is -0.228. The van der Waals surface area contributed by atoms with Crippen molar-refractivity contribution >= 4 is 17.2 Å². The third-order valence-electron chi connectivity index (χ3n) is 1.85. The Morgan fingerprint density at radius 2 is 2.43 bits per heavy atom. The molecule has 0 saturated heterocycles. The van der Waals surface area contributed by atoms with Gasteiger partial charge in [0, 0.05) is 4.88 Å². The lowest BCUT2D eigenvalue weighted by Gasteiger charge is -2.14. The van der Waals surface area contributed by atoms with Crippen LogP contribution in [0, 0.1) is 16.7 Å². The van der Waals surface area contributed by atoms with Gasteiger partial charge in [0.2, 0.25) is 5.91 Å². The lowest BCUT2D eigenvalue weighted by atomic mass is 9.95. The van der Waals surface area contributed by atoms with Gasteiger partial charge >= 0.3 is 0 Å². The molecule has 0 spiro atoms. The molecule has 74 valence electrons. The zero-order chi connectivity index (χ0) is 10.6. The zero-order valence-electron chi connectivity index (χ0n) is 8.20. The lowest BCUT2D eigenvalue weighted by Crippen LogP contribution is -2.35. The molecule has 1 heterocycles. The molecule has 1 amide bonds. The van der Waals surface area contributed by atoms with Gasteiger partial charge in [-0.25, -0.2) is 0 Å². The third-order valence-corrected chi connectivity index (χ3v) is 2.73. The first-order valence-corrected chi connectivity index (χ1v) is 5.16. The van der Waals surface area contributed by atoms with Crippen LogP contribution in [0.1, 0.15) is 18.7 Å². The number of carbonyl (C=O) groups excluding carboxylic acids is 1. The molecule has 0 bridgehead atoms. The average molecular weight is 208 g/mol. The summed E-state index contributed by atoms with van der Waals surface area (Å²) >= 11 is 1.59. The van der Waals surface area contributed by atoms with Crippen LogP contribution in [-0.2, 0) is 11.3 Å². The quantitative estimate of drug-likeness (QED) is 0.825. The van der Waals surface area contributed by atoms with Crippen LogP contribution in [0.5, 0.6) is 0 Å². The van der Waals surface area contributed by atoms with Crippen LogP contribution in [-0.4, -0.2) is 5.91 Å².